The van der Waals surface area contributed by atoms with E-state index in [1.54, 1.807) is 0 Å². The van der Waals surface area contributed by atoms with Gasteiger partial charge >= 0.3 is 11.9 Å². The van der Waals surface area contributed by atoms with Gasteiger partial charge in [-0.05, 0) is 0 Å². The molecule has 99 valence electrons. The molecule has 0 saturated carbocycles. The number of aliphatic hydroxyl groups excluding tert-OH is 3. The van der Waals surface area contributed by atoms with Gasteiger partial charge in [-0.1, -0.05) is 0 Å². The van der Waals surface area contributed by atoms with Crippen LogP contribution in [0.1, 0.15) is 0 Å². The van der Waals surface area contributed by atoms with Crippen molar-refractivity contribution >= 4 is 36.4 Å². The van der Waals surface area contributed by atoms with Crippen LogP contribution in [0.4, 0.5) is 0 Å². The maximum atomic E-state index is 9.95. The summed E-state index contributed by atoms with van der Waals surface area (Å²) in [4.78, 5) is 19.9. The molecule has 0 saturated heterocycles. The molecule has 3 radical (unpaired) electrons. The maximum Gasteiger partial charge on any atom is 0.335 e. The van der Waals surface area contributed by atoms with Crippen molar-refractivity contribution in [2.24, 2.45) is 0 Å². The monoisotopic (exact) mass is 355 g/mol. The number of rotatable bonds is 4. The van der Waals surface area contributed by atoms with Crippen molar-refractivity contribution in [3.8, 4) is 0 Å². The van der Waals surface area contributed by atoms with Gasteiger partial charge < -0.3 is 42.0 Å². The van der Waals surface area contributed by atoms with E-state index in [1.807, 2.05) is 0 Å². The second-order valence-corrected chi connectivity index (χ2v) is 2.06. The van der Waals surface area contributed by atoms with Crippen LogP contribution in [-0.2, 0) is 9.59 Å². The topological polar surface area (TPSA) is 230 Å². The largest absolute Gasteiger partial charge is 0.479 e. The van der Waals surface area contributed by atoms with Crippen molar-refractivity contribution in [3.63, 3.8) is 0 Å². The van der Waals surface area contributed by atoms with Crippen LogP contribution >= 0.6 is 0 Å². The smallest absolute Gasteiger partial charge is 0.335 e. The van der Waals surface area contributed by atoms with E-state index in [-0.39, 0.29) is 40.9 Å². The third-order valence-corrected chi connectivity index (χ3v) is 1.15. The van der Waals surface area contributed by atoms with Crippen molar-refractivity contribution in [3.05, 3.63) is 0 Å². The van der Waals surface area contributed by atoms with E-state index in [2.05, 4.69) is 0 Å². The minimum atomic E-state index is -2.31. The number of carbonyl (C=O) groups is 2. The Morgan fingerprint density at radius 1 is 0.750 bits per heavy atom. The van der Waals surface area contributed by atoms with Crippen LogP contribution in [-0.4, -0.2) is 96.6 Å². The summed E-state index contributed by atoms with van der Waals surface area (Å²) in [5, 5.41) is 41.9. The Balaban J connectivity index is -0.000000101. The fourth-order valence-corrected chi connectivity index (χ4v) is 0.465. The molecule has 0 aromatic rings. The Morgan fingerprint density at radius 3 is 1.06 bits per heavy atom. The predicted octanol–water partition coefficient (Wildman–Crippen LogP) is -5.62. The first-order valence-electron chi connectivity index (χ1n) is 2.87. The molecule has 0 aliphatic rings. The summed E-state index contributed by atoms with van der Waals surface area (Å²) in [6.07, 6.45) is -6.85. The Kier molecular flexibility index (Phi) is 23.3. The molecule has 0 aromatic heterocycles. The predicted molar refractivity (Wildman–Crippen MR) is 49.9 cm³/mol. The van der Waals surface area contributed by atoms with Gasteiger partial charge in [-0.25, -0.2) is 9.59 Å². The summed E-state index contributed by atoms with van der Waals surface area (Å²) in [7, 11) is 0. The molecule has 0 bridgehead atoms. The van der Waals surface area contributed by atoms with E-state index in [1.165, 1.54) is 0 Å². The van der Waals surface area contributed by atoms with Crippen LogP contribution in [0, 0.1) is 0 Å². The summed E-state index contributed by atoms with van der Waals surface area (Å²) in [6.45, 7) is 0. The van der Waals surface area contributed by atoms with E-state index in [4.69, 9.17) is 25.5 Å². The van der Waals surface area contributed by atoms with E-state index < -0.39 is 30.3 Å². The number of carboxylic acids is 2. The molecule has 2 unspecified atom stereocenters. The zero-order chi connectivity index (χ0) is 9.89. The van der Waals surface area contributed by atoms with E-state index in [0.717, 1.165) is 0 Å². The minimum absolute atomic E-state index is 0. The molecule has 16 heavy (non-hydrogen) atoms. The quantitative estimate of drug-likeness (QED) is 0.306. The van der Waals surface area contributed by atoms with Gasteiger partial charge in [0.05, 0.1) is 0 Å². The van der Waals surface area contributed by atoms with Crippen LogP contribution in [0.25, 0.3) is 0 Å². The molecule has 0 aromatic carbocycles. The minimum Gasteiger partial charge on any atom is -0.479 e. The number of hydrogen-bond donors (Lipinski definition) is 5. The molecule has 10 nitrogen and oxygen atoms in total. The summed E-state index contributed by atoms with van der Waals surface area (Å²) < 4.78 is 0. The first-order valence-corrected chi connectivity index (χ1v) is 2.87. The molecule has 0 heterocycles. The van der Waals surface area contributed by atoms with Gasteiger partial charge in [0, 0.05) is 24.4 Å². The van der Waals surface area contributed by atoms with Crippen LogP contribution in [0.15, 0.2) is 0 Å². The van der Waals surface area contributed by atoms with Crippen LogP contribution in [0.2, 0.25) is 0 Å². The normalized spacial score (nSPS) is 13.4. The molecule has 0 spiro atoms. The molecule has 0 aliphatic carbocycles. The molecule has 11 heteroatoms. The Bertz CT molecular complexity index is 176. The average molecular weight is 356 g/mol. The van der Waals surface area contributed by atoms with Crippen LogP contribution in [0.5, 0.6) is 0 Å². The van der Waals surface area contributed by atoms with Crippen molar-refractivity contribution < 1.29 is 51.6 Å². The first-order chi connectivity index (χ1) is 5.37. The van der Waals surface area contributed by atoms with Crippen molar-refractivity contribution in [1.82, 2.24) is 0 Å². The molecule has 0 fully saturated rings. The molecule has 11 N–H and O–H groups in total. The number of hydrogen-bond acceptors (Lipinski definition) is 5. The Labute approximate surface area is 107 Å². The van der Waals surface area contributed by atoms with Gasteiger partial charge in [-0.15, -0.1) is 0 Å². The van der Waals surface area contributed by atoms with Crippen LogP contribution < -0.4 is 0 Å². The van der Waals surface area contributed by atoms with Crippen LogP contribution in [0.3, 0.4) is 0 Å². The SMILES string of the molecule is O.O.O.O=C(O)C(O)C(O)C(O)C(=O)O.[Sb]. The van der Waals surface area contributed by atoms with Gasteiger partial charge in [-0.2, -0.15) is 0 Å². The molecular weight excluding hydrogens is 342 g/mol. The molecule has 0 aliphatic heterocycles. The fraction of sp³-hybridized carbons (Fsp3) is 0.600. The average Bonchev–Trinajstić information content (AvgIpc) is 2.00. The first kappa shape index (κ1) is 29.6. The summed E-state index contributed by atoms with van der Waals surface area (Å²) in [5.41, 5.74) is 0. The standard InChI is InChI=1S/C5H8O7.3H2O.Sb/c6-1(2(7)4(9)10)3(8)5(11)12;;;;/h1-3,6-8H,(H,9,10)(H,11,12);3*1H2;. The Hall–Kier alpha value is -0.482. The van der Waals surface area contributed by atoms with E-state index >= 15 is 0 Å². The number of carboxylic acid groups (broad SMARTS) is 2. The molecular formula is C5H14O10Sb. The number of aliphatic hydroxyl groups is 3. The maximum absolute atomic E-state index is 9.95. The molecule has 0 amide bonds. The van der Waals surface area contributed by atoms with E-state index in [9.17, 15) is 9.59 Å². The zero-order valence-corrected chi connectivity index (χ0v) is 10.3. The second-order valence-electron chi connectivity index (χ2n) is 2.06. The Morgan fingerprint density at radius 2 is 0.938 bits per heavy atom. The van der Waals surface area contributed by atoms with Crippen molar-refractivity contribution in [2.75, 3.05) is 0 Å². The van der Waals surface area contributed by atoms with Crippen molar-refractivity contribution in [2.45, 2.75) is 18.3 Å². The summed E-state index contributed by atoms with van der Waals surface area (Å²) >= 11 is 0. The van der Waals surface area contributed by atoms with Gasteiger partial charge in [0.25, 0.3) is 0 Å². The fourth-order valence-electron chi connectivity index (χ4n) is 0.465. The third-order valence-electron chi connectivity index (χ3n) is 1.15. The van der Waals surface area contributed by atoms with Gasteiger partial charge in [0.15, 0.2) is 12.2 Å². The van der Waals surface area contributed by atoms with Gasteiger partial charge in [0.2, 0.25) is 0 Å². The van der Waals surface area contributed by atoms with Gasteiger partial charge in [0.1, 0.15) is 6.10 Å². The molecule has 2 atom stereocenters. The molecule has 0 rings (SSSR count). The second kappa shape index (κ2) is 12.6. The number of aliphatic carboxylic acids is 2. The van der Waals surface area contributed by atoms with Crippen molar-refractivity contribution in [1.29, 1.82) is 0 Å². The summed E-state index contributed by atoms with van der Waals surface area (Å²) in [6, 6.07) is 0. The van der Waals surface area contributed by atoms with E-state index in [0.29, 0.717) is 0 Å². The zero-order valence-electron chi connectivity index (χ0n) is 7.73. The summed E-state index contributed by atoms with van der Waals surface area (Å²) in [5.74, 6) is -3.61. The third kappa shape index (κ3) is 8.80. The van der Waals surface area contributed by atoms with Gasteiger partial charge in [-0.3, -0.25) is 0 Å².